The summed E-state index contributed by atoms with van der Waals surface area (Å²) in [6.45, 7) is 2.18. The van der Waals surface area contributed by atoms with Crippen LogP contribution in [0, 0.1) is 0 Å². The maximum absolute atomic E-state index is 12.9. The molecule has 0 radical (unpaired) electrons. The molecule has 0 aliphatic heterocycles. The van der Waals surface area contributed by atoms with Crippen molar-refractivity contribution in [2.45, 2.75) is 50.5 Å². The first kappa shape index (κ1) is 15.7. The van der Waals surface area contributed by atoms with Crippen molar-refractivity contribution in [3.8, 4) is 0 Å². The lowest BCUT2D eigenvalue weighted by Gasteiger charge is -2.23. The zero-order valence-corrected chi connectivity index (χ0v) is 13.7. The predicted molar refractivity (Wildman–Crippen MR) is 92.0 cm³/mol. The smallest absolute Gasteiger partial charge is 0.231 e. The van der Waals surface area contributed by atoms with E-state index in [0.29, 0.717) is 0 Å². The molecule has 1 aliphatic rings. The molecule has 3 rings (SSSR count). The van der Waals surface area contributed by atoms with Gasteiger partial charge in [-0.2, -0.15) is 0 Å². The van der Waals surface area contributed by atoms with Crippen molar-refractivity contribution in [1.82, 2.24) is 10.3 Å². The Morgan fingerprint density at radius 1 is 1.22 bits per heavy atom. The van der Waals surface area contributed by atoms with Gasteiger partial charge < -0.3 is 5.32 Å². The Labute approximate surface area is 138 Å². The number of amides is 1. The van der Waals surface area contributed by atoms with E-state index in [1.807, 2.05) is 30.5 Å². The summed E-state index contributed by atoms with van der Waals surface area (Å²) in [7, 11) is 0. The van der Waals surface area contributed by atoms with E-state index in [1.54, 1.807) is 6.20 Å². The number of carbonyl (C=O) groups excluding carboxylic acids is 1. The van der Waals surface area contributed by atoms with Crippen molar-refractivity contribution in [1.29, 1.82) is 0 Å². The van der Waals surface area contributed by atoms with Crippen molar-refractivity contribution in [2.75, 3.05) is 0 Å². The number of nitrogens with zero attached hydrogens (tertiary/aromatic N) is 1. The Balaban J connectivity index is 1.76. The van der Waals surface area contributed by atoms with Gasteiger partial charge in [0, 0.05) is 12.4 Å². The highest BCUT2D eigenvalue weighted by molar-refractivity contribution is 5.91. The number of pyridine rings is 1. The van der Waals surface area contributed by atoms with E-state index in [-0.39, 0.29) is 17.4 Å². The van der Waals surface area contributed by atoms with Crippen LogP contribution >= 0.6 is 0 Å². The van der Waals surface area contributed by atoms with E-state index in [9.17, 15) is 4.79 Å². The summed E-state index contributed by atoms with van der Waals surface area (Å²) >= 11 is 0. The normalized spacial score (nSPS) is 16.6. The van der Waals surface area contributed by atoms with Crippen LogP contribution in [0.2, 0.25) is 0 Å². The molecule has 120 valence electrons. The predicted octanol–water partition coefficient (Wildman–Crippen LogP) is 4.16. The minimum absolute atomic E-state index is 0.0531. The number of aromatic nitrogens is 1. The summed E-state index contributed by atoms with van der Waals surface area (Å²) < 4.78 is 0. The van der Waals surface area contributed by atoms with Gasteiger partial charge in [-0.25, -0.2) is 0 Å². The molecule has 1 saturated carbocycles. The number of carbonyl (C=O) groups is 1. The van der Waals surface area contributed by atoms with Crippen molar-refractivity contribution >= 4 is 5.91 Å². The van der Waals surface area contributed by atoms with Crippen molar-refractivity contribution in [2.24, 2.45) is 0 Å². The molecule has 1 unspecified atom stereocenters. The highest BCUT2D eigenvalue weighted by atomic mass is 16.2. The summed E-state index contributed by atoms with van der Waals surface area (Å²) in [5.74, 6) is 0.161. The van der Waals surface area contributed by atoms with Gasteiger partial charge in [0.1, 0.15) is 0 Å². The van der Waals surface area contributed by atoms with Crippen molar-refractivity contribution in [3.05, 3.63) is 66.0 Å². The lowest BCUT2D eigenvalue weighted by Crippen LogP contribution is -2.37. The second-order valence-corrected chi connectivity index (χ2v) is 6.40. The van der Waals surface area contributed by atoms with E-state index in [2.05, 4.69) is 35.4 Å². The molecule has 23 heavy (non-hydrogen) atoms. The Hall–Kier alpha value is -2.16. The summed E-state index contributed by atoms with van der Waals surface area (Å²) in [5, 5.41) is 3.29. The van der Waals surface area contributed by atoms with Crippen LogP contribution in [0.3, 0.4) is 0 Å². The monoisotopic (exact) mass is 308 g/mol. The van der Waals surface area contributed by atoms with Gasteiger partial charge in [-0.1, -0.05) is 56.2 Å². The number of unbranched alkanes of at least 4 members (excludes halogenated alkanes) is 1. The summed E-state index contributed by atoms with van der Waals surface area (Å²) in [6.07, 6.45) is 8.69. The zero-order chi connectivity index (χ0) is 16.1. The van der Waals surface area contributed by atoms with Crippen LogP contribution in [0.1, 0.15) is 56.2 Å². The third kappa shape index (κ3) is 3.44. The second kappa shape index (κ2) is 6.95. The SMILES string of the molecule is CCCCC(NC(=O)C1(c2ccccc2)CC1)c1cccnc1. The van der Waals surface area contributed by atoms with Crippen molar-refractivity contribution in [3.63, 3.8) is 0 Å². The zero-order valence-electron chi connectivity index (χ0n) is 13.7. The average Bonchev–Trinajstić information content (AvgIpc) is 3.42. The van der Waals surface area contributed by atoms with Crippen molar-refractivity contribution < 1.29 is 4.79 Å². The molecule has 0 bridgehead atoms. The average molecular weight is 308 g/mol. The first-order valence-electron chi connectivity index (χ1n) is 8.53. The van der Waals surface area contributed by atoms with Gasteiger partial charge in [0.15, 0.2) is 0 Å². The van der Waals surface area contributed by atoms with Crippen LogP contribution in [0.25, 0.3) is 0 Å². The lowest BCUT2D eigenvalue weighted by molar-refractivity contribution is -0.124. The Morgan fingerprint density at radius 3 is 2.61 bits per heavy atom. The van der Waals surface area contributed by atoms with E-state index in [1.165, 1.54) is 0 Å². The molecule has 1 aliphatic carbocycles. The van der Waals surface area contributed by atoms with Gasteiger partial charge in [0.2, 0.25) is 5.91 Å². The topological polar surface area (TPSA) is 42.0 Å². The molecule has 1 fully saturated rings. The molecule has 1 aromatic carbocycles. The minimum Gasteiger partial charge on any atom is -0.348 e. The van der Waals surface area contributed by atoms with E-state index >= 15 is 0 Å². The fourth-order valence-corrected chi connectivity index (χ4v) is 3.14. The van der Waals surface area contributed by atoms with Crippen LogP contribution in [-0.2, 0) is 10.2 Å². The number of benzene rings is 1. The summed E-state index contributed by atoms with van der Waals surface area (Å²) in [4.78, 5) is 17.1. The first-order chi connectivity index (χ1) is 11.3. The van der Waals surface area contributed by atoms with E-state index in [0.717, 1.165) is 43.2 Å². The second-order valence-electron chi connectivity index (χ2n) is 6.40. The molecular weight excluding hydrogens is 284 g/mol. The largest absolute Gasteiger partial charge is 0.348 e. The fraction of sp³-hybridized carbons (Fsp3) is 0.400. The van der Waals surface area contributed by atoms with Crippen LogP contribution in [0.15, 0.2) is 54.9 Å². The number of hydrogen-bond acceptors (Lipinski definition) is 2. The molecule has 2 aromatic rings. The van der Waals surface area contributed by atoms with Crippen LogP contribution in [-0.4, -0.2) is 10.9 Å². The van der Waals surface area contributed by atoms with Crippen LogP contribution in [0.5, 0.6) is 0 Å². The third-order valence-corrected chi connectivity index (χ3v) is 4.75. The van der Waals surface area contributed by atoms with E-state index < -0.39 is 0 Å². The molecule has 1 atom stereocenters. The Kier molecular flexibility index (Phi) is 4.75. The molecule has 1 N–H and O–H groups in total. The highest BCUT2D eigenvalue weighted by Crippen LogP contribution is 2.48. The Bertz CT molecular complexity index is 635. The molecule has 0 spiro atoms. The molecule has 3 heteroatoms. The summed E-state index contributed by atoms with van der Waals surface area (Å²) in [5.41, 5.74) is 1.92. The maximum Gasteiger partial charge on any atom is 0.231 e. The minimum atomic E-state index is -0.312. The quantitative estimate of drug-likeness (QED) is 0.834. The molecule has 1 aromatic heterocycles. The van der Waals surface area contributed by atoms with Gasteiger partial charge in [-0.15, -0.1) is 0 Å². The first-order valence-corrected chi connectivity index (χ1v) is 8.53. The fourth-order valence-electron chi connectivity index (χ4n) is 3.14. The van der Waals surface area contributed by atoms with Gasteiger partial charge in [0.05, 0.1) is 11.5 Å². The molecule has 3 nitrogen and oxygen atoms in total. The number of nitrogens with one attached hydrogen (secondary N) is 1. The molecule has 0 saturated heterocycles. The number of rotatable bonds is 7. The molecular formula is C20H24N2O. The number of hydrogen-bond donors (Lipinski definition) is 1. The summed E-state index contributed by atoms with van der Waals surface area (Å²) in [6, 6.07) is 14.2. The molecule has 1 heterocycles. The molecule has 1 amide bonds. The maximum atomic E-state index is 12.9. The van der Waals surface area contributed by atoms with E-state index in [4.69, 9.17) is 0 Å². The Morgan fingerprint density at radius 2 is 2.00 bits per heavy atom. The van der Waals surface area contributed by atoms with Gasteiger partial charge in [-0.3, -0.25) is 9.78 Å². The lowest BCUT2D eigenvalue weighted by atomic mass is 9.93. The van der Waals surface area contributed by atoms with Crippen LogP contribution < -0.4 is 5.32 Å². The van der Waals surface area contributed by atoms with Crippen LogP contribution in [0.4, 0.5) is 0 Å². The van der Waals surface area contributed by atoms with Gasteiger partial charge in [0.25, 0.3) is 0 Å². The highest BCUT2D eigenvalue weighted by Gasteiger charge is 2.51. The van der Waals surface area contributed by atoms with Gasteiger partial charge in [-0.05, 0) is 36.5 Å². The standard InChI is InChI=1S/C20H24N2O/c1-2-3-11-18(16-8-7-14-21-15-16)22-19(23)20(12-13-20)17-9-5-4-6-10-17/h4-10,14-15,18H,2-3,11-13H2,1H3,(H,22,23). The third-order valence-electron chi connectivity index (χ3n) is 4.75. The van der Waals surface area contributed by atoms with Gasteiger partial charge >= 0.3 is 0 Å².